The van der Waals surface area contributed by atoms with Gasteiger partial charge in [-0.2, -0.15) is 0 Å². The molecule has 3 aliphatic rings. The number of aliphatic hydroxyl groups excluding tert-OH is 1. The third kappa shape index (κ3) is 2.81. The summed E-state index contributed by atoms with van der Waals surface area (Å²) < 4.78 is 6.04. The first-order chi connectivity index (χ1) is 12.9. The van der Waals surface area contributed by atoms with Gasteiger partial charge in [0.2, 0.25) is 17.7 Å². The van der Waals surface area contributed by atoms with Crippen LogP contribution >= 0.6 is 0 Å². The van der Waals surface area contributed by atoms with Crippen LogP contribution in [0, 0.1) is 11.8 Å². The van der Waals surface area contributed by atoms with Crippen molar-refractivity contribution in [2.24, 2.45) is 11.8 Å². The van der Waals surface area contributed by atoms with Crippen LogP contribution in [-0.2, 0) is 19.1 Å². The maximum Gasteiger partial charge on any atom is 0.234 e. The number of carbonyl (C=O) groups excluding carboxylic acids is 3. The summed E-state index contributed by atoms with van der Waals surface area (Å²) in [5, 5.41) is 14.3. The number of amides is 3. The second kappa shape index (κ2) is 6.47. The molecule has 8 heteroatoms. The van der Waals surface area contributed by atoms with Crippen molar-refractivity contribution in [2.45, 2.75) is 18.6 Å². The Morgan fingerprint density at radius 1 is 1.33 bits per heavy atom. The predicted octanol–water partition coefficient (Wildman–Crippen LogP) is 0.0399. The van der Waals surface area contributed by atoms with E-state index in [0.717, 1.165) is 0 Å². The number of carbonyl (C=O) groups is 3. The largest absolute Gasteiger partial charge is 0.395 e. The second-order valence-corrected chi connectivity index (χ2v) is 7.07. The monoisotopic (exact) mass is 371 g/mol. The van der Waals surface area contributed by atoms with E-state index < -0.39 is 23.5 Å². The van der Waals surface area contributed by atoms with Crippen LogP contribution in [0.3, 0.4) is 0 Å². The summed E-state index contributed by atoms with van der Waals surface area (Å²) in [5.74, 6) is -1.78. The van der Waals surface area contributed by atoms with Crippen molar-refractivity contribution < 1.29 is 24.2 Å². The zero-order valence-corrected chi connectivity index (χ0v) is 14.8. The van der Waals surface area contributed by atoms with E-state index in [1.54, 1.807) is 29.2 Å². The first kappa shape index (κ1) is 17.7. The highest BCUT2D eigenvalue weighted by molar-refractivity contribution is 6.03. The summed E-state index contributed by atoms with van der Waals surface area (Å²) in [6, 6.07) is 6.99. The quantitative estimate of drug-likeness (QED) is 0.634. The van der Waals surface area contributed by atoms with Crippen molar-refractivity contribution in [1.29, 1.82) is 0 Å². The van der Waals surface area contributed by atoms with Gasteiger partial charge in [-0.15, -0.1) is 0 Å². The SMILES string of the molecule is CC(=O)Nc1ccc(N2C[C@@]34C=C[C@H](O3)[C@H](C(=O)NCCO)[C@@H]4C2=O)cc1. The number of hydrogen-bond acceptors (Lipinski definition) is 5. The standard InChI is InChI=1S/C19H21N3O5/c1-11(24)21-12-2-4-13(5-3-12)22-10-19-7-6-14(27-19)15(16(19)18(22)26)17(25)20-8-9-23/h2-7,14-16,23H,8-10H2,1H3,(H,20,25)(H,21,24)/t14-,15-,16+,19+/m0/s1. The Hall–Kier alpha value is -2.71. The Balaban J connectivity index is 1.57. The number of nitrogens with one attached hydrogen (secondary N) is 2. The van der Waals surface area contributed by atoms with Crippen molar-refractivity contribution in [3.63, 3.8) is 0 Å². The summed E-state index contributed by atoms with van der Waals surface area (Å²) in [5.41, 5.74) is 0.543. The third-order valence-corrected chi connectivity index (χ3v) is 5.31. The Labute approximate surface area is 156 Å². The summed E-state index contributed by atoms with van der Waals surface area (Å²) >= 11 is 0. The van der Waals surface area contributed by atoms with Crippen molar-refractivity contribution >= 4 is 29.1 Å². The average molecular weight is 371 g/mol. The van der Waals surface area contributed by atoms with E-state index in [9.17, 15) is 14.4 Å². The van der Waals surface area contributed by atoms with Crippen LogP contribution in [-0.4, -0.2) is 54.2 Å². The van der Waals surface area contributed by atoms with Crippen LogP contribution in [0.15, 0.2) is 36.4 Å². The molecular weight excluding hydrogens is 350 g/mol. The second-order valence-electron chi connectivity index (χ2n) is 7.07. The van der Waals surface area contributed by atoms with E-state index in [1.165, 1.54) is 6.92 Å². The first-order valence-electron chi connectivity index (χ1n) is 8.90. The molecule has 1 aromatic rings. The van der Waals surface area contributed by atoms with Crippen LogP contribution in [0.25, 0.3) is 0 Å². The number of fused-ring (bicyclic) bond motifs is 1. The molecule has 0 aromatic heterocycles. The molecule has 3 aliphatic heterocycles. The minimum absolute atomic E-state index is 0.147. The van der Waals surface area contributed by atoms with E-state index in [1.807, 2.05) is 12.2 Å². The van der Waals surface area contributed by atoms with Crippen LogP contribution < -0.4 is 15.5 Å². The van der Waals surface area contributed by atoms with Gasteiger partial charge in [-0.25, -0.2) is 0 Å². The summed E-state index contributed by atoms with van der Waals surface area (Å²) in [6.45, 7) is 1.76. The molecule has 0 saturated carbocycles. The smallest absolute Gasteiger partial charge is 0.234 e. The van der Waals surface area contributed by atoms with Gasteiger partial charge in [-0.1, -0.05) is 12.2 Å². The number of nitrogens with zero attached hydrogens (tertiary/aromatic N) is 1. The average Bonchev–Trinajstić information content (AvgIpc) is 3.28. The lowest BCUT2D eigenvalue weighted by atomic mass is 9.77. The molecule has 142 valence electrons. The van der Waals surface area contributed by atoms with E-state index in [2.05, 4.69) is 10.6 Å². The Kier molecular flexibility index (Phi) is 4.24. The highest BCUT2D eigenvalue weighted by Gasteiger charge is 2.66. The van der Waals surface area contributed by atoms with Crippen LogP contribution in [0.4, 0.5) is 11.4 Å². The molecule has 0 aliphatic carbocycles. The number of benzene rings is 1. The fourth-order valence-electron chi connectivity index (χ4n) is 4.24. The summed E-state index contributed by atoms with van der Waals surface area (Å²) in [7, 11) is 0. The van der Waals surface area contributed by atoms with Gasteiger partial charge in [-0.05, 0) is 24.3 Å². The zero-order valence-electron chi connectivity index (χ0n) is 14.8. The number of aliphatic hydroxyl groups is 1. The van der Waals surface area contributed by atoms with Crippen molar-refractivity contribution in [1.82, 2.24) is 5.32 Å². The molecule has 3 heterocycles. The number of hydrogen-bond donors (Lipinski definition) is 3. The maximum atomic E-state index is 13.1. The highest BCUT2D eigenvalue weighted by Crippen LogP contribution is 2.52. The summed E-state index contributed by atoms with van der Waals surface area (Å²) in [6.07, 6.45) is 3.32. The molecule has 1 aromatic carbocycles. The third-order valence-electron chi connectivity index (χ3n) is 5.31. The van der Waals surface area contributed by atoms with Crippen LogP contribution in [0.1, 0.15) is 6.92 Å². The first-order valence-corrected chi connectivity index (χ1v) is 8.90. The molecule has 1 spiro atoms. The molecule has 2 saturated heterocycles. The molecule has 2 bridgehead atoms. The van der Waals surface area contributed by atoms with Gasteiger partial charge in [0.1, 0.15) is 5.60 Å². The summed E-state index contributed by atoms with van der Waals surface area (Å²) in [4.78, 5) is 38.4. The van der Waals surface area contributed by atoms with Crippen molar-refractivity contribution in [3.05, 3.63) is 36.4 Å². The fourth-order valence-corrected chi connectivity index (χ4v) is 4.24. The molecule has 0 unspecified atom stereocenters. The van der Waals surface area contributed by atoms with Crippen molar-refractivity contribution in [3.8, 4) is 0 Å². The topological polar surface area (TPSA) is 108 Å². The minimum Gasteiger partial charge on any atom is -0.395 e. The molecular formula is C19H21N3O5. The molecule has 3 N–H and O–H groups in total. The van der Waals surface area contributed by atoms with E-state index >= 15 is 0 Å². The minimum atomic E-state index is -0.792. The van der Waals surface area contributed by atoms with Gasteiger partial charge >= 0.3 is 0 Å². The lowest BCUT2D eigenvalue weighted by Crippen LogP contribution is -2.44. The number of anilines is 2. The molecule has 27 heavy (non-hydrogen) atoms. The Bertz CT molecular complexity index is 821. The molecule has 4 rings (SSSR count). The molecule has 0 radical (unpaired) electrons. The van der Waals surface area contributed by atoms with E-state index in [4.69, 9.17) is 9.84 Å². The lowest BCUT2D eigenvalue weighted by molar-refractivity contribution is -0.132. The zero-order chi connectivity index (χ0) is 19.2. The maximum absolute atomic E-state index is 13.1. The molecule has 2 fully saturated rings. The lowest BCUT2D eigenvalue weighted by Gasteiger charge is -2.23. The van der Waals surface area contributed by atoms with Gasteiger partial charge in [0, 0.05) is 24.8 Å². The van der Waals surface area contributed by atoms with Crippen molar-refractivity contribution in [2.75, 3.05) is 29.9 Å². The molecule has 3 amide bonds. The molecule has 4 atom stereocenters. The number of ether oxygens (including phenoxy) is 1. The predicted molar refractivity (Wildman–Crippen MR) is 96.9 cm³/mol. The van der Waals surface area contributed by atoms with Crippen LogP contribution in [0.5, 0.6) is 0 Å². The van der Waals surface area contributed by atoms with E-state index in [0.29, 0.717) is 17.9 Å². The Morgan fingerprint density at radius 2 is 2.07 bits per heavy atom. The molecule has 8 nitrogen and oxygen atoms in total. The fraction of sp³-hybridized carbons (Fsp3) is 0.421. The highest BCUT2D eigenvalue weighted by atomic mass is 16.5. The van der Waals surface area contributed by atoms with Gasteiger partial charge in [0.25, 0.3) is 0 Å². The van der Waals surface area contributed by atoms with Gasteiger partial charge < -0.3 is 25.4 Å². The number of rotatable bonds is 5. The Morgan fingerprint density at radius 3 is 2.74 bits per heavy atom. The van der Waals surface area contributed by atoms with E-state index in [-0.39, 0.29) is 30.9 Å². The normalized spacial score (nSPS) is 30.5. The van der Waals surface area contributed by atoms with Gasteiger partial charge in [0.05, 0.1) is 31.1 Å². The van der Waals surface area contributed by atoms with Gasteiger partial charge in [-0.3, -0.25) is 14.4 Å². The van der Waals surface area contributed by atoms with Crippen LogP contribution in [0.2, 0.25) is 0 Å². The van der Waals surface area contributed by atoms with Gasteiger partial charge in [0.15, 0.2) is 0 Å².